The first-order valence-electron chi connectivity index (χ1n) is 6.69. The standard InChI is InChI=1S/C15H22BrN/c1-12-4-2-5-13(8-12)10-17-11-14-6-3-7-15(16)9-14/h3,6-7,9,12-13,17H,2,4-5,8,10-11H2,1H3. The Morgan fingerprint density at radius 3 is 3.00 bits per heavy atom. The van der Waals surface area contributed by atoms with Crippen LogP contribution in [0.3, 0.4) is 0 Å². The highest BCUT2D eigenvalue weighted by Crippen LogP contribution is 2.27. The average molecular weight is 296 g/mol. The first kappa shape index (κ1) is 13.1. The van der Waals surface area contributed by atoms with E-state index >= 15 is 0 Å². The van der Waals surface area contributed by atoms with Gasteiger partial charge in [0.05, 0.1) is 0 Å². The predicted molar refractivity (Wildman–Crippen MR) is 77.0 cm³/mol. The third kappa shape index (κ3) is 4.44. The number of nitrogens with one attached hydrogen (secondary N) is 1. The molecule has 2 unspecified atom stereocenters. The molecule has 17 heavy (non-hydrogen) atoms. The molecule has 1 aromatic rings. The zero-order chi connectivity index (χ0) is 12.1. The molecule has 1 aromatic carbocycles. The van der Waals surface area contributed by atoms with Crippen molar-refractivity contribution >= 4 is 15.9 Å². The topological polar surface area (TPSA) is 12.0 Å². The van der Waals surface area contributed by atoms with Gasteiger partial charge in [0.15, 0.2) is 0 Å². The van der Waals surface area contributed by atoms with Crippen molar-refractivity contribution in [3.05, 3.63) is 34.3 Å². The molecular formula is C15H22BrN. The van der Waals surface area contributed by atoms with E-state index in [2.05, 4.69) is 52.4 Å². The maximum atomic E-state index is 3.60. The van der Waals surface area contributed by atoms with Gasteiger partial charge >= 0.3 is 0 Å². The molecule has 0 saturated heterocycles. The summed E-state index contributed by atoms with van der Waals surface area (Å²) in [6.07, 6.45) is 5.67. The number of hydrogen-bond acceptors (Lipinski definition) is 1. The zero-order valence-corrected chi connectivity index (χ0v) is 12.2. The highest BCUT2D eigenvalue weighted by molar-refractivity contribution is 9.10. The molecule has 1 nitrogen and oxygen atoms in total. The van der Waals surface area contributed by atoms with Crippen LogP contribution in [0.2, 0.25) is 0 Å². The van der Waals surface area contributed by atoms with Gasteiger partial charge in [-0.3, -0.25) is 0 Å². The van der Waals surface area contributed by atoms with Gasteiger partial charge in [-0.05, 0) is 48.9 Å². The molecule has 1 aliphatic rings. The van der Waals surface area contributed by atoms with E-state index in [0.29, 0.717) is 0 Å². The van der Waals surface area contributed by atoms with E-state index in [1.165, 1.54) is 42.3 Å². The minimum atomic E-state index is 0.894. The van der Waals surface area contributed by atoms with Crippen LogP contribution in [0.4, 0.5) is 0 Å². The highest BCUT2D eigenvalue weighted by atomic mass is 79.9. The lowest BCUT2D eigenvalue weighted by molar-refractivity contribution is 0.274. The monoisotopic (exact) mass is 295 g/mol. The predicted octanol–water partition coefficient (Wildman–Crippen LogP) is 4.37. The van der Waals surface area contributed by atoms with Gasteiger partial charge in [0, 0.05) is 11.0 Å². The van der Waals surface area contributed by atoms with Crippen LogP contribution in [-0.4, -0.2) is 6.54 Å². The first-order valence-corrected chi connectivity index (χ1v) is 7.48. The van der Waals surface area contributed by atoms with Gasteiger partial charge in [0.1, 0.15) is 0 Å². The van der Waals surface area contributed by atoms with Crippen molar-refractivity contribution in [2.24, 2.45) is 11.8 Å². The van der Waals surface area contributed by atoms with Crippen LogP contribution in [0.5, 0.6) is 0 Å². The molecule has 1 aliphatic carbocycles. The molecule has 2 heteroatoms. The second-order valence-corrected chi connectivity index (χ2v) is 6.31. The van der Waals surface area contributed by atoms with E-state index in [1.807, 2.05) is 0 Å². The molecular weight excluding hydrogens is 274 g/mol. The average Bonchev–Trinajstić information content (AvgIpc) is 2.29. The van der Waals surface area contributed by atoms with Crippen LogP contribution >= 0.6 is 15.9 Å². The van der Waals surface area contributed by atoms with Gasteiger partial charge < -0.3 is 5.32 Å². The molecule has 94 valence electrons. The van der Waals surface area contributed by atoms with Crippen LogP contribution in [-0.2, 0) is 6.54 Å². The molecule has 0 bridgehead atoms. The lowest BCUT2D eigenvalue weighted by atomic mass is 9.82. The summed E-state index contributed by atoms with van der Waals surface area (Å²) in [6, 6.07) is 8.55. The van der Waals surface area contributed by atoms with E-state index in [4.69, 9.17) is 0 Å². The molecule has 1 saturated carbocycles. The number of halogens is 1. The van der Waals surface area contributed by atoms with E-state index in [0.717, 1.165) is 18.4 Å². The van der Waals surface area contributed by atoms with Crippen molar-refractivity contribution in [3.63, 3.8) is 0 Å². The van der Waals surface area contributed by atoms with E-state index in [-0.39, 0.29) is 0 Å². The van der Waals surface area contributed by atoms with Gasteiger partial charge in [-0.25, -0.2) is 0 Å². The Morgan fingerprint density at radius 1 is 1.35 bits per heavy atom. The third-order valence-corrected chi connectivity index (χ3v) is 4.19. The Morgan fingerprint density at radius 2 is 2.24 bits per heavy atom. The highest BCUT2D eigenvalue weighted by Gasteiger charge is 2.18. The smallest absolute Gasteiger partial charge is 0.0206 e. The molecule has 0 aromatic heterocycles. The third-order valence-electron chi connectivity index (χ3n) is 3.70. The first-order chi connectivity index (χ1) is 8.24. The summed E-state index contributed by atoms with van der Waals surface area (Å²) < 4.78 is 1.17. The molecule has 0 heterocycles. The van der Waals surface area contributed by atoms with Gasteiger partial charge in [-0.1, -0.05) is 47.8 Å². The van der Waals surface area contributed by atoms with Crippen LogP contribution in [0, 0.1) is 11.8 Å². The van der Waals surface area contributed by atoms with Crippen LogP contribution in [0.15, 0.2) is 28.7 Å². The molecule has 1 fully saturated rings. The summed E-state index contributed by atoms with van der Waals surface area (Å²) in [6.45, 7) is 4.56. The SMILES string of the molecule is CC1CCCC(CNCc2cccc(Br)c2)C1. The Bertz CT molecular complexity index is 351. The number of rotatable bonds is 4. The lowest BCUT2D eigenvalue weighted by Gasteiger charge is -2.26. The van der Waals surface area contributed by atoms with Crippen molar-refractivity contribution < 1.29 is 0 Å². The second kappa shape index (κ2) is 6.55. The van der Waals surface area contributed by atoms with E-state index in [9.17, 15) is 0 Å². The van der Waals surface area contributed by atoms with Crippen molar-refractivity contribution in [3.8, 4) is 0 Å². The summed E-state index contributed by atoms with van der Waals surface area (Å²) in [5.74, 6) is 1.83. The van der Waals surface area contributed by atoms with Gasteiger partial charge in [0.25, 0.3) is 0 Å². The molecule has 2 rings (SSSR count). The molecule has 0 amide bonds. The van der Waals surface area contributed by atoms with Crippen LogP contribution < -0.4 is 5.32 Å². The molecule has 1 N–H and O–H groups in total. The largest absolute Gasteiger partial charge is 0.312 e. The fraction of sp³-hybridized carbons (Fsp3) is 0.600. The number of benzene rings is 1. The molecule has 0 aliphatic heterocycles. The van der Waals surface area contributed by atoms with Crippen molar-refractivity contribution in [2.75, 3.05) is 6.54 Å². The van der Waals surface area contributed by atoms with Crippen molar-refractivity contribution in [1.29, 1.82) is 0 Å². The van der Waals surface area contributed by atoms with Crippen molar-refractivity contribution in [1.82, 2.24) is 5.32 Å². The summed E-state index contributed by atoms with van der Waals surface area (Å²) in [5, 5.41) is 3.60. The Balaban J connectivity index is 1.72. The summed E-state index contributed by atoms with van der Waals surface area (Å²) in [7, 11) is 0. The normalized spacial score (nSPS) is 24.8. The number of hydrogen-bond donors (Lipinski definition) is 1. The summed E-state index contributed by atoms with van der Waals surface area (Å²) in [4.78, 5) is 0. The van der Waals surface area contributed by atoms with Crippen LogP contribution in [0.1, 0.15) is 38.2 Å². The molecule has 0 spiro atoms. The minimum Gasteiger partial charge on any atom is -0.312 e. The quantitative estimate of drug-likeness (QED) is 0.870. The van der Waals surface area contributed by atoms with Crippen molar-refractivity contribution in [2.45, 2.75) is 39.2 Å². The van der Waals surface area contributed by atoms with Gasteiger partial charge in [-0.2, -0.15) is 0 Å². The van der Waals surface area contributed by atoms with Gasteiger partial charge in [0.2, 0.25) is 0 Å². The Kier molecular flexibility index (Phi) is 5.05. The van der Waals surface area contributed by atoms with Gasteiger partial charge in [-0.15, -0.1) is 0 Å². The molecule has 2 atom stereocenters. The Hall–Kier alpha value is -0.340. The fourth-order valence-electron chi connectivity index (χ4n) is 2.81. The zero-order valence-electron chi connectivity index (χ0n) is 10.6. The fourth-order valence-corrected chi connectivity index (χ4v) is 3.26. The van der Waals surface area contributed by atoms with E-state index < -0.39 is 0 Å². The summed E-state index contributed by atoms with van der Waals surface area (Å²) in [5.41, 5.74) is 1.36. The maximum Gasteiger partial charge on any atom is 0.0206 e. The minimum absolute atomic E-state index is 0.894. The second-order valence-electron chi connectivity index (χ2n) is 5.40. The Labute approximate surface area is 113 Å². The maximum absolute atomic E-state index is 3.60. The lowest BCUT2D eigenvalue weighted by Crippen LogP contribution is -2.26. The summed E-state index contributed by atoms with van der Waals surface area (Å²) >= 11 is 3.51. The van der Waals surface area contributed by atoms with E-state index in [1.54, 1.807) is 0 Å². The van der Waals surface area contributed by atoms with Crippen LogP contribution in [0.25, 0.3) is 0 Å². The molecule has 0 radical (unpaired) electrons.